The normalized spacial score (nSPS) is 20.0. The van der Waals surface area contributed by atoms with Gasteiger partial charge in [0, 0.05) is 18.3 Å². The number of nitriles is 1. The third-order valence-corrected chi connectivity index (χ3v) is 2.90. The first-order valence-corrected chi connectivity index (χ1v) is 5.71. The van der Waals surface area contributed by atoms with Crippen LogP contribution in [0.4, 0.5) is 5.82 Å². The van der Waals surface area contributed by atoms with Gasteiger partial charge in [-0.15, -0.1) is 0 Å². The Bertz CT molecular complexity index is 616. The van der Waals surface area contributed by atoms with E-state index in [4.69, 9.17) is 10.00 Å². The number of fused-ring (bicyclic) bond motifs is 1. The summed E-state index contributed by atoms with van der Waals surface area (Å²) >= 11 is 0. The fourth-order valence-corrected chi connectivity index (χ4v) is 2.07. The number of aryl methyl sites for hydroxylation is 1. The van der Waals surface area contributed by atoms with Crippen molar-refractivity contribution >= 4 is 11.6 Å². The number of aromatic nitrogens is 4. The molecule has 0 radical (unpaired) electrons. The summed E-state index contributed by atoms with van der Waals surface area (Å²) in [6.07, 6.45) is 1.08. The van der Waals surface area contributed by atoms with E-state index < -0.39 is 6.10 Å². The van der Waals surface area contributed by atoms with Gasteiger partial charge in [-0.3, -0.25) is 0 Å². The van der Waals surface area contributed by atoms with E-state index in [-0.39, 0.29) is 0 Å². The number of anilines is 1. The van der Waals surface area contributed by atoms with E-state index >= 15 is 0 Å². The van der Waals surface area contributed by atoms with Crippen molar-refractivity contribution in [2.24, 2.45) is 0 Å². The monoisotopic (exact) mass is 244 g/mol. The Morgan fingerprint density at radius 3 is 3.28 bits per heavy atom. The van der Waals surface area contributed by atoms with Crippen LogP contribution in [0.15, 0.2) is 12.4 Å². The molecule has 0 spiro atoms. The van der Waals surface area contributed by atoms with E-state index in [1.54, 1.807) is 4.52 Å². The maximum Gasteiger partial charge on any atom is 0.254 e. The van der Waals surface area contributed by atoms with E-state index in [9.17, 15) is 0 Å². The van der Waals surface area contributed by atoms with Gasteiger partial charge < -0.3 is 9.64 Å². The van der Waals surface area contributed by atoms with Gasteiger partial charge in [0.25, 0.3) is 5.78 Å². The van der Waals surface area contributed by atoms with E-state index in [1.807, 2.05) is 13.0 Å². The van der Waals surface area contributed by atoms with Crippen LogP contribution in [0.3, 0.4) is 0 Å². The Labute approximate surface area is 104 Å². The smallest absolute Gasteiger partial charge is 0.254 e. The van der Waals surface area contributed by atoms with Crippen molar-refractivity contribution < 1.29 is 4.74 Å². The van der Waals surface area contributed by atoms with Gasteiger partial charge in [-0.05, 0) is 6.92 Å². The zero-order chi connectivity index (χ0) is 12.5. The average molecular weight is 244 g/mol. The Morgan fingerprint density at radius 1 is 1.56 bits per heavy atom. The summed E-state index contributed by atoms with van der Waals surface area (Å²) in [4.78, 5) is 10.5. The third kappa shape index (κ3) is 1.76. The Balaban J connectivity index is 2.03. The van der Waals surface area contributed by atoms with Gasteiger partial charge in [0.1, 0.15) is 12.1 Å². The largest absolute Gasteiger partial charge is 0.360 e. The Hall–Kier alpha value is -2.20. The maximum atomic E-state index is 8.93. The van der Waals surface area contributed by atoms with Crippen molar-refractivity contribution in [3.8, 4) is 6.07 Å². The molecular weight excluding hydrogens is 232 g/mol. The topological polar surface area (TPSA) is 79.3 Å². The van der Waals surface area contributed by atoms with Crippen LogP contribution in [-0.2, 0) is 4.74 Å². The lowest BCUT2D eigenvalue weighted by Gasteiger charge is -2.31. The zero-order valence-corrected chi connectivity index (χ0v) is 9.94. The SMILES string of the molecule is Cc1cc(N2CCOC(C#N)C2)n2ncnc2n1. The van der Waals surface area contributed by atoms with Crippen LogP contribution in [0.5, 0.6) is 0 Å². The standard InChI is InChI=1S/C11H12N6O/c1-8-4-10(17-11(15-8)13-7-14-17)16-2-3-18-9(5-12)6-16/h4,7,9H,2-3,6H2,1H3. The van der Waals surface area contributed by atoms with Gasteiger partial charge in [-0.25, -0.2) is 4.98 Å². The van der Waals surface area contributed by atoms with Gasteiger partial charge >= 0.3 is 0 Å². The number of rotatable bonds is 1. The summed E-state index contributed by atoms with van der Waals surface area (Å²) in [5, 5.41) is 13.1. The predicted octanol–water partition coefficient (Wildman–Crippen LogP) is 0.161. The van der Waals surface area contributed by atoms with Crippen LogP contribution in [-0.4, -0.2) is 45.4 Å². The number of hydrogen-bond acceptors (Lipinski definition) is 6. The van der Waals surface area contributed by atoms with Crippen LogP contribution >= 0.6 is 0 Å². The molecule has 18 heavy (non-hydrogen) atoms. The molecule has 0 aromatic carbocycles. The number of ether oxygens (including phenoxy) is 1. The minimum Gasteiger partial charge on any atom is -0.360 e. The van der Waals surface area contributed by atoms with Crippen LogP contribution < -0.4 is 4.90 Å². The highest BCUT2D eigenvalue weighted by Gasteiger charge is 2.22. The van der Waals surface area contributed by atoms with Crippen molar-refractivity contribution in [2.45, 2.75) is 13.0 Å². The van der Waals surface area contributed by atoms with Crippen molar-refractivity contribution in [3.05, 3.63) is 18.1 Å². The van der Waals surface area contributed by atoms with E-state index in [0.29, 0.717) is 18.9 Å². The van der Waals surface area contributed by atoms with Gasteiger partial charge in [0.2, 0.25) is 0 Å². The van der Waals surface area contributed by atoms with E-state index in [2.05, 4.69) is 26.0 Å². The molecule has 1 atom stereocenters. The molecular formula is C11H12N6O. The molecule has 0 aliphatic carbocycles. The zero-order valence-electron chi connectivity index (χ0n) is 9.94. The van der Waals surface area contributed by atoms with Crippen LogP contribution in [0.25, 0.3) is 5.78 Å². The molecule has 7 nitrogen and oxygen atoms in total. The minimum absolute atomic E-state index is 0.397. The van der Waals surface area contributed by atoms with Gasteiger partial charge in [-0.2, -0.15) is 19.9 Å². The quantitative estimate of drug-likeness (QED) is 0.711. The molecule has 0 N–H and O–H groups in total. The molecule has 3 heterocycles. The molecule has 7 heteroatoms. The second kappa shape index (κ2) is 4.23. The summed E-state index contributed by atoms with van der Waals surface area (Å²) in [6.45, 7) is 3.72. The number of hydrogen-bond donors (Lipinski definition) is 0. The summed E-state index contributed by atoms with van der Waals surface area (Å²) in [6, 6.07) is 4.08. The van der Waals surface area contributed by atoms with Crippen LogP contribution in [0.2, 0.25) is 0 Å². The second-order valence-corrected chi connectivity index (χ2v) is 4.16. The molecule has 2 aromatic rings. The van der Waals surface area contributed by atoms with Gasteiger partial charge in [0.15, 0.2) is 6.10 Å². The summed E-state index contributed by atoms with van der Waals surface area (Å²) in [5.74, 6) is 1.48. The molecule has 1 fully saturated rings. The van der Waals surface area contributed by atoms with Crippen molar-refractivity contribution in [3.63, 3.8) is 0 Å². The first-order chi connectivity index (χ1) is 8.78. The van der Waals surface area contributed by atoms with Crippen LogP contribution in [0.1, 0.15) is 5.69 Å². The molecule has 1 aliphatic heterocycles. The Kier molecular flexibility index (Phi) is 2.57. The fraction of sp³-hybridized carbons (Fsp3) is 0.455. The highest BCUT2D eigenvalue weighted by molar-refractivity contribution is 5.47. The minimum atomic E-state index is -0.397. The maximum absolute atomic E-state index is 8.93. The molecule has 0 saturated carbocycles. The molecule has 0 amide bonds. The summed E-state index contributed by atoms with van der Waals surface area (Å²) < 4.78 is 7.03. The van der Waals surface area contributed by atoms with E-state index in [1.165, 1.54) is 6.33 Å². The molecule has 3 rings (SSSR count). The fourth-order valence-electron chi connectivity index (χ4n) is 2.07. The second-order valence-electron chi connectivity index (χ2n) is 4.16. The summed E-state index contributed by atoms with van der Waals surface area (Å²) in [7, 11) is 0. The van der Waals surface area contributed by atoms with Gasteiger partial charge in [0.05, 0.1) is 19.2 Å². The lowest BCUT2D eigenvalue weighted by molar-refractivity contribution is 0.0760. The van der Waals surface area contributed by atoms with E-state index in [0.717, 1.165) is 18.1 Å². The van der Waals surface area contributed by atoms with Crippen molar-refractivity contribution in [2.75, 3.05) is 24.6 Å². The van der Waals surface area contributed by atoms with Crippen molar-refractivity contribution in [1.82, 2.24) is 19.6 Å². The van der Waals surface area contributed by atoms with Gasteiger partial charge in [-0.1, -0.05) is 0 Å². The molecule has 1 aliphatic rings. The van der Waals surface area contributed by atoms with Crippen LogP contribution in [0, 0.1) is 18.3 Å². The lowest BCUT2D eigenvalue weighted by atomic mass is 10.3. The lowest BCUT2D eigenvalue weighted by Crippen LogP contribution is -2.42. The summed E-state index contributed by atoms with van der Waals surface area (Å²) in [5.41, 5.74) is 0.880. The molecule has 2 aromatic heterocycles. The Morgan fingerprint density at radius 2 is 2.44 bits per heavy atom. The first-order valence-electron chi connectivity index (χ1n) is 5.71. The highest BCUT2D eigenvalue weighted by atomic mass is 16.5. The van der Waals surface area contributed by atoms with Crippen molar-refractivity contribution in [1.29, 1.82) is 5.26 Å². The average Bonchev–Trinajstić information content (AvgIpc) is 2.85. The number of nitrogens with zero attached hydrogens (tertiary/aromatic N) is 6. The first kappa shape index (κ1) is 10.9. The number of morpholine rings is 1. The third-order valence-electron chi connectivity index (χ3n) is 2.90. The molecule has 0 bridgehead atoms. The molecule has 92 valence electrons. The predicted molar refractivity (Wildman–Crippen MR) is 63.1 cm³/mol. The molecule has 1 unspecified atom stereocenters. The molecule has 1 saturated heterocycles. The highest BCUT2D eigenvalue weighted by Crippen LogP contribution is 2.18.